The summed E-state index contributed by atoms with van der Waals surface area (Å²) in [5.74, 6) is 0. The zero-order chi connectivity index (χ0) is 17.2. The highest BCUT2D eigenvalue weighted by atomic mass is 15.3. The fourth-order valence-electron chi connectivity index (χ4n) is 3.92. The molecule has 24 heavy (non-hydrogen) atoms. The van der Waals surface area contributed by atoms with Gasteiger partial charge in [-0.05, 0) is 57.4 Å². The van der Waals surface area contributed by atoms with Crippen molar-refractivity contribution in [1.29, 1.82) is 0 Å². The summed E-state index contributed by atoms with van der Waals surface area (Å²) in [4.78, 5) is 4.91. The maximum Gasteiger partial charge on any atom is 0.165 e. The molecule has 0 amide bonds. The van der Waals surface area contributed by atoms with Gasteiger partial charge < -0.3 is 4.57 Å². The molecule has 0 bridgehead atoms. The van der Waals surface area contributed by atoms with Crippen LogP contribution in [0.1, 0.15) is 28.1 Å². The number of hydrogen-bond acceptors (Lipinski definition) is 2. The molecule has 0 aliphatic rings. The highest BCUT2D eigenvalue weighted by Gasteiger charge is 2.20. The quantitative estimate of drug-likeness (QED) is 0.520. The van der Waals surface area contributed by atoms with Gasteiger partial charge in [-0.2, -0.15) is 9.61 Å². The van der Waals surface area contributed by atoms with Gasteiger partial charge in [-0.3, -0.25) is 0 Å². The molecule has 0 saturated carbocycles. The second-order valence-electron chi connectivity index (χ2n) is 6.83. The Hall–Kier alpha value is -2.62. The van der Waals surface area contributed by atoms with E-state index in [1.165, 1.54) is 22.3 Å². The SMILES string of the molecule is Cc1cc(C)c(-c2c(C)nn3c2nc(C)c2ccn(C)c23)c(C)c1. The van der Waals surface area contributed by atoms with Gasteiger partial charge in [0.25, 0.3) is 0 Å². The minimum absolute atomic E-state index is 0.939. The molecule has 4 aromatic rings. The molecule has 3 heterocycles. The van der Waals surface area contributed by atoms with Crippen molar-refractivity contribution in [3.8, 4) is 11.1 Å². The summed E-state index contributed by atoms with van der Waals surface area (Å²) in [6.45, 7) is 10.6. The lowest BCUT2D eigenvalue weighted by molar-refractivity contribution is 0.868. The highest BCUT2D eigenvalue weighted by Crippen LogP contribution is 2.35. The van der Waals surface area contributed by atoms with Crippen molar-refractivity contribution in [2.24, 2.45) is 7.05 Å². The molecule has 4 rings (SSSR count). The Morgan fingerprint density at radius 3 is 2.21 bits per heavy atom. The Kier molecular flexibility index (Phi) is 3.07. The van der Waals surface area contributed by atoms with Crippen molar-refractivity contribution in [2.45, 2.75) is 34.6 Å². The molecule has 1 aromatic carbocycles. The van der Waals surface area contributed by atoms with E-state index in [1.807, 2.05) is 4.52 Å². The van der Waals surface area contributed by atoms with Crippen LogP contribution in [0.4, 0.5) is 0 Å². The number of nitrogens with zero attached hydrogens (tertiary/aromatic N) is 4. The largest absolute Gasteiger partial charge is 0.335 e. The Morgan fingerprint density at radius 1 is 0.875 bits per heavy atom. The van der Waals surface area contributed by atoms with Gasteiger partial charge in [-0.1, -0.05) is 17.7 Å². The first-order valence-corrected chi connectivity index (χ1v) is 8.27. The van der Waals surface area contributed by atoms with Crippen molar-refractivity contribution in [1.82, 2.24) is 19.2 Å². The molecule has 0 spiro atoms. The lowest BCUT2D eigenvalue weighted by Crippen LogP contribution is -2.00. The van der Waals surface area contributed by atoms with Crippen molar-refractivity contribution < 1.29 is 0 Å². The summed E-state index contributed by atoms with van der Waals surface area (Å²) >= 11 is 0. The Balaban J connectivity index is 2.19. The van der Waals surface area contributed by atoms with E-state index in [2.05, 4.69) is 70.6 Å². The van der Waals surface area contributed by atoms with Gasteiger partial charge >= 0.3 is 0 Å². The maximum absolute atomic E-state index is 4.91. The van der Waals surface area contributed by atoms with Gasteiger partial charge in [0.1, 0.15) is 5.65 Å². The van der Waals surface area contributed by atoms with Gasteiger partial charge in [0.15, 0.2) is 5.65 Å². The third kappa shape index (κ3) is 1.92. The van der Waals surface area contributed by atoms with Crippen LogP contribution in [0.15, 0.2) is 24.4 Å². The van der Waals surface area contributed by atoms with Crippen molar-refractivity contribution in [2.75, 3.05) is 0 Å². The number of benzene rings is 1. The fraction of sp³-hybridized carbons (Fsp3) is 0.300. The molecule has 0 atom stereocenters. The van der Waals surface area contributed by atoms with Crippen molar-refractivity contribution in [3.63, 3.8) is 0 Å². The van der Waals surface area contributed by atoms with E-state index in [9.17, 15) is 0 Å². The molecule has 0 aliphatic heterocycles. The van der Waals surface area contributed by atoms with Gasteiger partial charge in [-0.25, -0.2) is 4.98 Å². The van der Waals surface area contributed by atoms with E-state index in [-0.39, 0.29) is 0 Å². The molecule has 0 saturated heterocycles. The number of rotatable bonds is 1. The zero-order valence-electron chi connectivity index (χ0n) is 15.1. The number of aryl methyl sites for hydroxylation is 6. The molecule has 4 nitrogen and oxygen atoms in total. The number of hydrogen-bond donors (Lipinski definition) is 0. The minimum Gasteiger partial charge on any atom is -0.335 e. The van der Waals surface area contributed by atoms with Crippen LogP contribution in [-0.2, 0) is 7.05 Å². The van der Waals surface area contributed by atoms with Crippen LogP contribution in [0.25, 0.3) is 27.8 Å². The van der Waals surface area contributed by atoms with Crippen LogP contribution >= 0.6 is 0 Å². The highest BCUT2D eigenvalue weighted by molar-refractivity contribution is 5.89. The van der Waals surface area contributed by atoms with Crippen molar-refractivity contribution >= 4 is 16.7 Å². The molecular weight excluding hydrogens is 296 g/mol. The zero-order valence-corrected chi connectivity index (χ0v) is 15.1. The third-order valence-corrected chi connectivity index (χ3v) is 4.87. The Bertz CT molecular complexity index is 1090. The normalized spacial score (nSPS) is 11.8. The molecular formula is C20H22N4. The second-order valence-corrected chi connectivity index (χ2v) is 6.83. The average Bonchev–Trinajstić information content (AvgIpc) is 3.01. The molecule has 122 valence electrons. The van der Waals surface area contributed by atoms with Crippen LogP contribution in [-0.4, -0.2) is 19.2 Å². The van der Waals surface area contributed by atoms with E-state index in [1.54, 1.807) is 0 Å². The van der Waals surface area contributed by atoms with E-state index in [0.717, 1.165) is 33.6 Å². The average molecular weight is 318 g/mol. The first kappa shape index (κ1) is 14.9. The van der Waals surface area contributed by atoms with E-state index in [4.69, 9.17) is 10.1 Å². The molecule has 0 aliphatic carbocycles. The smallest absolute Gasteiger partial charge is 0.165 e. The molecule has 3 aromatic heterocycles. The lowest BCUT2D eigenvalue weighted by atomic mass is 9.94. The summed E-state index contributed by atoms with van der Waals surface area (Å²) in [6.07, 6.45) is 2.07. The van der Waals surface area contributed by atoms with Crippen LogP contribution in [0.3, 0.4) is 0 Å². The minimum atomic E-state index is 0.939. The summed E-state index contributed by atoms with van der Waals surface area (Å²) in [5, 5.41) is 5.98. The van der Waals surface area contributed by atoms with E-state index >= 15 is 0 Å². The third-order valence-electron chi connectivity index (χ3n) is 4.87. The molecule has 0 radical (unpaired) electrons. The van der Waals surface area contributed by atoms with Crippen LogP contribution in [0.5, 0.6) is 0 Å². The molecule has 0 fully saturated rings. The maximum atomic E-state index is 4.91. The van der Waals surface area contributed by atoms with Crippen LogP contribution in [0, 0.1) is 34.6 Å². The van der Waals surface area contributed by atoms with E-state index < -0.39 is 0 Å². The Morgan fingerprint density at radius 2 is 1.54 bits per heavy atom. The monoisotopic (exact) mass is 318 g/mol. The standard InChI is InChI=1S/C20H22N4/c1-11-9-12(2)17(13(3)10-11)18-15(5)22-24-19(18)21-14(4)16-7-8-23(6)20(16)24/h7-10H,1-6H3. The summed E-state index contributed by atoms with van der Waals surface area (Å²) < 4.78 is 4.10. The van der Waals surface area contributed by atoms with Gasteiger partial charge in [0, 0.05) is 18.6 Å². The molecule has 4 heteroatoms. The Labute approximate surface area is 141 Å². The van der Waals surface area contributed by atoms with Crippen molar-refractivity contribution in [3.05, 3.63) is 52.5 Å². The number of fused-ring (bicyclic) bond motifs is 3. The topological polar surface area (TPSA) is 35.1 Å². The van der Waals surface area contributed by atoms with Gasteiger partial charge in [0.2, 0.25) is 0 Å². The van der Waals surface area contributed by atoms with Gasteiger partial charge in [-0.15, -0.1) is 0 Å². The second kappa shape index (κ2) is 4.94. The van der Waals surface area contributed by atoms with Crippen LogP contribution < -0.4 is 0 Å². The summed E-state index contributed by atoms with van der Waals surface area (Å²) in [6, 6.07) is 6.58. The first-order valence-electron chi connectivity index (χ1n) is 8.27. The predicted molar refractivity (Wildman–Crippen MR) is 98.6 cm³/mol. The summed E-state index contributed by atoms with van der Waals surface area (Å²) in [5.41, 5.74) is 10.3. The molecule has 0 unspecified atom stereocenters. The predicted octanol–water partition coefficient (Wildman–Crippen LogP) is 4.43. The fourth-order valence-corrected chi connectivity index (χ4v) is 3.92. The van der Waals surface area contributed by atoms with E-state index in [0.29, 0.717) is 0 Å². The van der Waals surface area contributed by atoms with Gasteiger partial charge in [0.05, 0.1) is 17.0 Å². The summed E-state index contributed by atoms with van der Waals surface area (Å²) in [7, 11) is 2.06. The van der Waals surface area contributed by atoms with Crippen LogP contribution in [0.2, 0.25) is 0 Å². The number of aromatic nitrogens is 4. The lowest BCUT2D eigenvalue weighted by Gasteiger charge is -2.11. The first-order chi connectivity index (χ1) is 11.4. The molecule has 0 N–H and O–H groups in total.